The van der Waals surface area contributed by atoms with Crippen molar-refractivity contribution in [3.05, 3.63) is 12.2 Å². The molecule has 2 atom stereocenters. The number of ether oxygens (including phenoxy) is 1. The Kier molecular flexibility index (Phi) is 57.0. The van der Waals surface area contributed by atoms with Crippen LogP contribution in [0.2, 0.25) is 0 Å². The molecule has 0 heterocycles. The molecule has 0 spiro atoms. The minimum Gasteiger partial charge on any atom is -0.466 e. The van der Waals surface area contributed by atoms with Crippen LogP contribution in [0.3, 0.4) is 0 Å². The molecular formula is C62H121NO5. The van der Waals surface area contributed by atoms with Gasteiger partial charge in [0.2, 0.25) is 5.91 Å². The lowest BCUT2D eigenvalue weighted by Gasteiger charge is -2.20. The highest BCUT2D eigenvalue weighted by molar-refractivity contribution is 5.76. The summed E-state index contributed by atoms with van der Waals surface area (Å²) in [5, 5.41) is 23.1. The number of unbranched alkanes of at least 4 members (excludes halogenated alkanes) is 47. The van der Waals surface area contributed by atoms with Gasteiger partial charge in [-0.05, 0) is 32.1 Å². The van der Waals surface area contributed by atoms with Gasteiger partial charge in [-0.15, -0.1) is 0 Å². The van der Waals surface area contributed by atoms with Gasteiger partial charge in [0.1, 0.15) is 0 Å². The van der Waals surface area contributed by atoms with E-state index < -0.39 is 12.1 Å². The summed E-state index contributed by atoms with van der Waals surface area (Å²) in [4.78, 5) is 24.5. The maximum absolute atomic E-state index is 12.5. The first-order valence-corrected chi connectivity index (χ1v) is 31.0. The van der Waals surface area contributed by atoms with Crippen LogP contribution >= 0.6 is 0 Å². The zero-order chi connectivity index (χ0) is 49.3. The molecule has 0 aliphatic carbocycles. The lowest BCUT2D eigenvalue weighted by atomic mass is 10.0. The molecule has 0 saturated carbocycles. The van der Waals surface area contributed by atoms with Gasteiger partial charge in [-0.3, -0.25) is 9.59 Å². The first-order valence-electron chi connectivity index (χ1n) is 31.0. The van der Waals surface area contributed by atoms with Crippen LogP contribution in [0.25, 0.3) is 0 Å². The average Bonchev–Trinajstić information content (AvgIpc) is 3.34. The second-order valence-electron chi connectivity index (χ2n) is 21.4. The standard InChI is InChI=1S/C62H121NO5/c1-3-5-7-9-11-13-15-17-27-30-34-38-42-46-50-54-60(65)59(58-64)63-61(66)55-51-47-43-39-35-31-28-25-23-21-19-20-22-24-26-29-33-37-41-45-49-53-57-68-62(67)56-52-48-44-40-36-32-18-16-14-12-10-8-6-4-2/h50,54,59-60,64-65H,3-49,51-53,55-58H2,1-2H3,(H,63,66)/b54-50+. The van der Waals surface area contributed by atoms with Crippen molar-refractivity contribution in [2.45, 2.75) is 360 Å². The molecule has 404 valence electrons. The molecule has 6 heteroatoms. The van der Waals surface area contributed by atoms with Crippen LogP contribution in [0.5, 0.6) is 0 Å². The molecule has 0 saturated heterocycles. The van der Waals surface area contributed by atoms with Crippen molar-refractivity contribution in [3.63, 3.8) is 0 Å². The molecule has 6 nitrogen and oxygen atoms in total. The molecule has 3 N–H and O–H groups in total. The third-order valence-electron chi connectivity index (χ3n) is 14.6. The zero-order valence-corrected chi connectivity index (χ0v) is 46.1. The third-order valence-corrected chi connectivity index (χ3v) is 14.6. The number of carbonyl (C=O) groups is 2. The number of aliphatic hydroxyl groups is 2. The Labute approximate surface area is 425 Å². The number of aliphatic hydroxyl groups excluding tert-OH is 2. The van der Waals surface area contributed by atoms with Crippen LogP contribution in [0.1, 0.15) is 348 Å². The largest absolute Gasteiger partial charge is 0.466 e. The number of rotatable bonds is 58. The van der Waals surface area contributed by atoms with Gasteiger partial charge in [-0.1, -0.05) is 315 Å². The molecule has 0 aliphatic heterocycles. The highest BCUT2D eigenvalue weighted by Crippen LogP contribution is 2.18. The first kappa shape index (κ1) is 66.6. The van der Waals surface area contributed by atoms with Crippen LogP contribution in [-0.4, -0.2) is 47.4 Å². The lowest BCUT2D eigenvalue weighted by Crippen LogP contribution is -2.45. The summed E-state index contributed by atoms with van der Waals surface area (Å²) in [5.41, 5.74) is 0. The predicted octanol–water partition coefficient (Wildman–Crippen LogP) is 19.2. The molecule has 0 aromatic carbocycles. The van der Waals surface area contributed by atoms with Gasteiger partial charge in [0.05, 0.1) is 25.4 Å². The molecule has 0 aliphatic rings. The van der Waals surface area contributed by atoms with Crippen LogP contribution in [-0.2, 0) is 14.3 Å². The van der Waals surface area contributed by atoms with E-state index in [-0.39, 0.29) is 18.5 Å². The SMILES string of the molecule is CCCCCCCCCCCCCCC/C=C/C(O)C(CO)NC(=O)CCCCCCCCCCCCCCCCCCCCCCCCOC(=O)CCCCCCCCCCCCCCCC. The van der Waals surface area contributed by atoms with Gasteiger partial charge in [0, 0.05) is 12.8 Å². The van der Waals surface area contributed by atoms with Crippen LogP contribution in [0.15, 0.2) is 12.2 Å². The molecule has 0 rings (SSSR count). The molecule has 0 radical (unpaired) electrons. The van der Waals surface area contributed by atoms with Gasteiger partial charge in [-0.25, -0.2) is 0 Å². The smallest absolute Gasteiger partial charge is 0.305 e. The number of allylic oxidation sites excluding steroid dienone is 1. The molecule has 1 amide bonds. The fourth-order valence-corrected chi connectivity index (χ4v) is 9.81. The molecule has 0 bridgehead atoms. The van der Waals surface area contributed by atoms with E-state index in [9.17, 15) is 19.8 Å². The quantitative estimate of drug-likeness (QED) is 0.0321. The fraction of sp³-hybridized carbons (Fsp3) is 0.935. The van der Waals surface area contributed by atoms with Crippen LogP contribution < -0.4 is 5.32 Å². The Morgan fingerprint density at radius 3 is 1.00 bits per heavy atom. The van der Waals surface area contributed by atoms with Crippen molar-refractivity contribution in [1.82, 2.24) is 5.32 Å². The molecular weight excluding hydrogens is 839 g/mol. The predicted molar refractivity (Wildman–Crippen MR) is 297 cm³/mol. The van der Waals surface area contributed by atoms with E-state index in [1.54, 1.807) is 6.08 Å². The maximum Gasteiger partial charge on any atom is 0.305 e. The van der Waals surface area contributed by atoms with E-state index in [2.05, 4.69) is 19.2 Å². The minimum absolute atomic E-state index is 0.0156. The summed E-state index contributed by atoms with van der Waals surface area (Å²) in [6.07, 6.45) is 69.6. The van der Waals surface area contributed by atoms with Gasteiger partial charge >= 0.3 is 5.97 Å². The van der Waals surface area contributed by atoms with Crippen LogP contribution in [0.4, 0.5) is 0 Å². The second-order valence-corrected chi connectivity index (χ2v) is 21.4. The summed E-state index contributed by atoms with van der Waals surface area (Å²) in [7, 11) is 0. The van der Waals surface area contributed by atoms with E-state index in [0.717, 1.165) is 38.5 Å². The van der Waals surface area contributed by atoms with Gasteiger partial charge in [0.25, 0.3) is 0 Å². The van der Waals surface area contributed by atoms with E-state index in [1.807, 2.05) is 6.08 Å². The van der Waals surface area contributed by atoms with Crippen LogP contribution in [0, 0.1) is 0 Å². The molecule has 2 unspecified atom stereocenters. The summed E-state index contributed by atoms with van der Waals surface area (Å²) < 4.78 is 5.49. The van der Waals surface area contributed by atoms with Crippen molar-refractivity contribution in [2.75, 3.05) is 13.2 Å². The molecule has 0 aromatic heterocycles. The summed E-state index contributed by atoms with van der Waals surface area (Å²) in [5.74, 6) is -0.0503. The normalized spacial score (nSPS) is 12.6. The Morgan fingerprint density at radius 2 is 0.676 bits per heavy atom. The zero-order valence-electron chi connectivity index (χ0n) is 46.1. The maximum atomic E-state index is 12.5. The molecule has 0 aromatic rings. The van der Waals surface area contributed by atoms with Crippen molar-refractivity contribution in [1.29, 1.82) is 0 Å². The van der Waals surface area contributed by atoms with Gasteiger partial charge < -0.3 is 20.3 Å². The molecule has 68 heavy (non-hydrogen) atoms. The number of nitrogens with one attached hydrogen (secondary N) is 1. The van der Waals surface area contributed by atoms with Crippen molar-refractivity contribution >= 4 is 11.9 Å². The number of amides is 1. The van der Waals surface area contributed by atoms with E-state index >= 15 is 0 Å². The summed E-state index contributed by atoms with van der Waals surface area (Å²) in [6.45, 7) is 4.93. The fourth-order valence-electron chi connectivity index (χ4n) is 9.81. The Balaban J connectivity index is 3.38. The topological polar surface area (TPSA) is 95.9 Å². The van der Waals surface area contributed by atoms with E-state index in [4.69, 9.17) is 4.74 Å². The highest BCUT2D eigenvalue weighted by atomic mass is 16.5. The monoisotopic (exact) mass is 960 g/mol. The Morgan fingerprint density at radius 1 is 0.397 bits per heavy atom. The first-order chi connectivity index (χ1) is 33.5. The highest BCUT2D eigenvalue weighted by Gasteiger charge is 2.18. The summed E-state index contributed by atoms with van der Waals surface area (Å²) >= 11 is 0. The van der Waals surface area contributed by atoms with E-state index in [0.29, 0.717) is 19.4 Å². The Hall–Kier alpha value is -1.40. The Bertz CT molecular complexity index is 1020. The lowest BCUT2D eigenvalue weighted by molar-refractivity contribution is -0.143. The van der Waals surface area contributed by atoms with Gasteiger partial charge in [0.15, 0.2) is 0 Å². The summed E-state index contributed by atoms with van der Waals surface area (Å²) in [6, 6.07) is -0.627. The molecule has 0 fully saturated rings. The van der Waals surface area contributed by atoms with E-state index in [1.165, 1.54) is 283 Å². The van der Waals surface area contributed by atoms with Crippen molar-refractivity contribution < 1.29 is 24.5 Å². The third kappa shape index (κ3) is 53.9. The minimum atomic E-state index is -0.843. The second kappa shape index (κ2) is 58.2. The van der Waals surface area contributed by atoms with Crippen molar-refractivity contribution in [2.24, 2.45) is 0 Å². The number of hydrogen-bond acceptors (Lipinski definition) is 5. The average molecular weight is 961 g/mol. The number of carbonyl (C=O) groups excluding carboxylic acids is 2. The van der Waals surface area contributed by atoms with Crippen molar-refractivity contribution in [3.8, 4) is 0 Å². The van der Waals surface area contributed by atoms with Gasteiger partial charge in [-0.2, -0.15) is 0 Å². The number of esters is 1. The number of hydrogen-bond donors (Lipinski definition) is 3.